The van der Waals surface area contributed by atoms with E-state index in [2.05, 4.69) is 9.83 Å². The van der Waals surface area contributed by atoms with Gasteiger partial charge in [-0.2, -0.15) is 0 Å². The summed E-state index contributed by atoms with van der Waals surface area (Å²) in [7, 11) is 3.80. The summed E-state index contributed by atoms with van der Waals surface area (Å²) in [4.78, 5) is 9.81. The van der Waals surface area contributed by atoms with Gasteiger partial charge in [-0.1, -0.05) is 36.4 Å². The number of hydrogen-bond acceptors (Lipinski definition) is 2. The summed E-state index contributed by atoms with van der Waals surface area (Å²) in [6, 6.07) is 13.9. The molecule has 0 amide bonds. The smallest absolute Gasteiger partial charge is 0.211 e. The molecular weight excluding hydrogens is 234 g/mol. The Hall–Kier alpha value is -2.60. The van der Waals surface area contributed by atoms with E-state index < -0.39 is 0 Å². The molecule has 0 N–H and O–H groups in total. The van der Waals surface area contributed by atoms with Gasteiger partial charge in [0.15, 0.2) is 0 Å². The third kappa shape index (κ3) is 3.20. The Bertz CT molecular complexity index is 605. The van der Waals surface area contributed by atoms with E-state index in [0.717, 1.165) is 16.8 Å². The fourth-order valence-corrected chi connectivity index (χ4v) is 1.74. The molecule has 3 heteroatoms. The standard InChI is InChI=1S/C16H15N3/c1-17-16(12-19(2)3)14-9-10-15(18-11-14)13-7-5-4-6-8-13/h4-12H,2-3H3/b16-12-. The average Bonchev–Trinajstić information content (AvgIpc) is 2.46. The number of benzene rings is 1. The number of hydrogen-bond donors (Lipinski definition) is 0. The second kappa shape index (κ2) is 5.83. The second-order valence-corrected chi connectivity index (χ2v) is 4.39. The van der Waals surface area contributed by atoms with Crippen LogP contribution in [0.2, 0.25) is 0 Å². The predicted molar refractivity (Wildman–Crippen MR) is 77.9 cm³/mol. The molecule has 0 fully saturated rings. The van der Waals surface area contributed by atoms with Crippen molar-refractivity contribution in [2.24, 2.45) is 0 Å². The van der Waals surface area contributed by atoms with Gasteiger partial charge in [0.1, 0.15) is 0 Å². The lowest BCUT2D eigenvalue weighted by Gasteiger charge is -2.07. The van der Waals surface area contributed by atoms with Crippen LogP contribution in [0.4, 0.5) is 0 Å². The van der Waals surface area contributed by atoms with Gasteiger partial charge in [0.2, 0.25) is 5.70 Å². The van der Waals surface area contributed by atoms with Crippen LogP contribution in [0.1, 0.15) is 5.56 Å². The number of rotatable bonds is 3. The highest BCUT2D eigenvalue weighted by molar-refractivity contribution is 5.71. The van der Waals surface area contributed by atoms with Crippen molar-refractivity contribution < 1.29 is 0 Å². The van der Waals surface area contributed by atoms with Crippen LogP contribution >= 0.6 is 0 Å². The van der Waals surface area contributed by atoms with Crippen molar-refractivity contribution in [2.75, 3.05) is 14.1 Å². The molecule has 19 heavy (non-hydrogen) atoms. The molecule has 0 spiro atoms. The maximum absolute atomic E-state index is 7.21. The molecule has 0 unspecified atom stereocenters. The minimum absolute atomic E-state index is 0.595. The highest BCUT2D eigenvalue weighted by atomic mass is 15.0. The lowest BCUT2D eigenvalue weighted by Crippen LogP contribution is -2.01. The van der Waals surface area contributed by atoms with E-state index in [1.807, 2.05) is 61.5 Å². The van der Waals surface area contributed by atoms with Crippen molar-refractivity contribution >= 4 is 5.70 Å². The van der Waals surface area contributed by atoms with Gasteiger partial charge in [-0.05, 0) is 6.07 Å². The van der Waals surface area contributed by atoms with E-state index in [-0.39, 0.29) is 0 Å². The fraction of sp³-hybridized carbons (Fsp3) is 0.125. The molecule has 1 heterocycles. The zero-order valence-electron chi connectivity index (χ0n) is 11.0. The summed E-state index contributed by atoms with van der Waals surface area (Å²) < 4.78 is 0. The molecule has 0 atom stereocenters. The molecule has 2 rings (SSSR count). The zero-order valence-corrected chi connectivity index (χ0v) is 11.0. The highest BCUT2D eigenvalue weighted by Gasteiger charge is 2.04. The minimum atomic E-state index is 0.595. The van der Waals surface area contributed by atoms with Gasteiger partial charge in [-0.3, -0.25) is 4.98 Å². The lowest BCUT2D eigenvalue weighted by molar-refractivity contribution is 0.566. The van der Waals surface area contributed by atoms with Crippen molar-refractivity contribution in [2.45, 2.75) is 0 Å². The summed E-state index contributed by atoms with van der Waals surface area (Å²) in [5, 5.41) is 0. The molecule has 0 saturated carbocycles. The van der Waals surface area contributed by atoms with E-state index in [4.69, 9.17) is 6.57 Å². The van der Waals surface area contributed by atoms with E-state index in [1.54, 1.807) is 12.4 Å². The molecule has 0 aliphatic heterocycles. The van der Waals surface area contributed by atoms with Crippen LogP contribution in [0, 0.1) is 6.57 Å². The molecule has 94 valence electrons. The Labute approximate surface area is 113 Å². The van der Waals surface area contributed by atoms with Crippen molar-refractivity contribution in [3.05, 3.63) is 71.8 Å². The second-order valence-electron chi connectivity index (χ2n) is 4.39. The highest BCUT2D eigenvalue weighted by Crippen LogP contribution is 2.20. The predicted octanol–water partition coefficient (Wildman–Crippen LogP) is 3.53. The summed E-state index contributed by atoms with van der Waals surface area (Å²) >= 11 is 0. The van der Waals surface area contributed by atoms with E-state index >= 15 is 0 Å². The molecule has 0 bridgehead atoms. The van der Waals surface area contributed by atoms with Crippen molar-refractivity contribution in [1.82, 2.24) is 9.88 Å². The molecule has 2 aromatic rings. The quantitative estimate of drug-likeness (QED) is 0.776. The molecule has 0 saturated heterocycles. The first-order valence-electron chi connectivity index (χ1n) is 5.98. The average molecular weight is 249 g/mol. The first-order valence-corrected chi connectivity index (χ1v) is 5.98. The Kier molecular flexibility index (Phi) is 3.94. The molecular formula is C16H15N3. The van der Waals surface area contributed by atoms with Crippen molar-refractivity contribution in [3.63, 3.8) is 0 Å². The van der Waals surface area contributed by atoms with Gasteiger partial charge in [0, 0.05) is 37.6 Å². The third-order valence-electron chi connectivity index (χ3n) is 2.63. The third-order valence-corrected chi connectivity index (χ3v) is 2.63. The molecule has 1 aromatic carbocycles. The minimum Gasteiger partial charge on any atom is -0.393 e. The Balaban J connectivity index is 2.32. The van der Waals surface area contributed by atoms with Crippen molar-refractivity contribution in [1.29, 1.82) is 0 Å². The molecule has 0 aliphatic carbocycles. The first kappa shape index (κ1) is 12.8. The monoisotopic (exact) mass is 249 g/mol. The molecule has 0 aliphatic rings. The lowest BCUT2D eigenvalue weighted by atomic mass is 10.1. The van der Waals surface area contributed by atoms with Gasteiger partial charge in [-0.25, -0.2) is 4.85 Å². The number of aromatic nitrogens is 1. The molecule has 3 nitrogen and oxygen atoms in total. The van der Waals surface area contributed by atoms with Crippen LogP contribution in [0.15, 0.2) is 54.9 Å². The molecule has 1 aromatic heterocycles. The molecule has 0 radical (unpaired) electrons. The topological polar surface area (TPSA) is 20.5 Å². The van der Waals surface area contributed by atoms with E-state index in [1.165, 1.54) is 0 Å². The Morgan fingerprint density at radius 2 is 1.89 bits per heavy atom. The van der Waals surface area contributed by atoms with Crippen molar-refractivity contribution in [3.8, 4) is 11.3 Å². The maximum Gasteiger partial charge on any atom is 0.211 e. The normalized spacial score (nSPS) is 10.9. The van der Waals surface area contributed by atoms with Crippen LogP contribution in [-0.2, 0) is 0 Å². The van der Waals surface area contributed by atoms with Crippen LogP contribution in [0.5, 0.6) is 0 Å². The zero-order chi connectivity index (χ0) is 13.7. The summed E-state index contributed by atoms with van der Waals surface area (Å²) in [5.41, 5.74) is 3.43. The van der Waals surface area contributed by atoms with Crippen LogP contribution in [0.3, 0.4) is 0 Å². The number of pyridine rings is 1. The SMILES string of the molecule is [C-]#[N+]/C(=C\N(C)C)c1ccc(-c2ccccc2)nc1. The number of nitrogens with zero attached hydrogens (tertiary/aromatic N) is 3. The van der Waals surface area contributed by atoms with Crippen LogP contribution in [0.25, 0.3) is 21.8 Å². The van der Waals surface area contributed by atoms with Gasteiger partial charge in [0.05, 0.1) is 12.3 Å². The maximum atomic E-state index is 7.21. The van der Waals surface area contributed by atoms with Gasteiger partial charge >= 0.3 is 0 Å². The largest absolute Gasteiger partial charge is 0.393 e. The van der Waals surface area contributed by atoms with Crippen LogP contribution in [-0.4, -0.2) is 24.0 Å². The summed E-state index contributed by atoms with van der Waals surface area (Å²) in [5.74, 6) is 0. The van der Waals surface area contributed by atoms with Crippen LogP contribution < -0.4 is 0 Å². The van der Waals surface area contributed by atoms with E-state index in [0.29, 0.717) is 5.70 Å². The van der Waals surface area contributed by atoms with Gasteiger partial charge < -0.3 is 4.90 Å². The Morgan fingerprint density at radius 3 is 2.42 bits per heavy atom. The van der Waals surface area contributed by atoms with Gasteiger partial charge in [0.25, 0.3) is 0 Å². The van der Waals surface area contributed by atoms with Gasteiger partial charge in [-0.15, -0.1) is 0 Å². The first-order chi connectivity index (χ1) is 9.20. The Morgan fingerprint density at radius 1 is 1.16 bits per heavy atom. The fourth-order valence-electron chi connectivity index (χ4n) is 1.74. The van der Waals surface area contributed by atoms with E-state index in [9.17, 15) is 0 Å². The summed E-state index contributed by atoms with van der Waals surface area (Å²) in [6.45, 7) is 7.21. The summed E-state index contributed by atoms with van der Waals surface area (Å²) in [6.07, 6.45) is 3.54.